The predicted molar refractivity (Wildman–Crippen MR) is 65.6 cm³/mol. The summed E-state index contributed by atoms with van der Waals surface area (Å²) in [7, 11) is 0. The van der Waals surface area contributed by atoms with Gasteiger partial charge < -0.3 is 5.73 Å². The minimum atomic E-state index is 0.600. The van der Waals surface area contributed by atoms with E-state index >= 15 is 0 Å². The van der Waals surface area contributed by atoms with E-state index in [4.69, 9.17) is 11.0 Å². The highest BCUT2D eigenvalue weighted by molar-refractivity contribution is 5.60. The molecule has 0 saturated carbocycles. The van der Waals surface area contributed by atoms with Crippen LogP contribution in [0.15, 0.2) is 12.1 Å². The molecule has 2 heteroatoms. The molecule has 82 valence electrons. The lowest BCUT2D eigenvalue weighted by Crippen LogP contribution is -1.96. The molecule has 1 aromatic rings. The number of benzene rings is 1. The molecule has 0 fully saturated rings. The number of nitrogens with two attached hydrogens (primary N) is 1. The fourth-order valence-electron chi connectivity index (χ4n) is 1.40. The van der Waals surface area contributed by atoms with Crippen molar-refractivity contribution < 1.29 is 0 Å². The monoisotopic (exact) mass is 204 g/mol. The Balaban J connectivity index is 0.000000921. The molecule has 2 nitrogen and oxygen atoms in total. The van der Waals surface area contributed by atoms with Gasteiger partial charge in [-0.3, -0.25) is 0 Å². The van der Waals surface area contributed by atoms with Gasteiger partial charge in [0, 0.05) is 0 Å². The van der Waals surface area contributed by atoms with E-state index < -0.39 is 0 Å². The molecular formula is C13H20N2. The van der Waals surface area contributed by atoms with Gasteiger partial charge in [-0.25, -0.2) is 0 Å². The first-order valence-electron chi connectivity index (χ1n) is 5.48. The van der Waals surface area contributed by atoms with E-state index in [0.29, 0.717) is 11.3 Å². The van der Waals surface area contributed by atoms with Gasteiger partial charge in [0.15, 0.2) is 0 Å². The number of anilines is 1. The topological polar surface area (TPSA) is 49.8 Å². The standard InChI is InChI=1S/C11H14N2.C2H6/c1-3-4-9-5-8(2)11(13)10(6-9)7-12;1-2/h5-6H,3-4,13H2,1-2H3;1-2H3. The van der Waals surface area contributed by atoms with Crippen LogP contribution >= 0.6 is 0 Å². The van der Waals surface area contributed by atoms with Crippen molar-refractivity contribution in [2.45, 2.75) is 40.5 Å². The van der Waals surface area contributed by atoms with Crippen LogP contribution in [-0.4, -0.2) is 0 Å². The van der Waals surface area contributed by atoms with Crippen LogP contribution in [0.1, 0.15) is 43.9 Å². The summed E-state index contributed by atoms with van der Waals surface area (Å²) in [6.45, 7) is 8.06. The summed E-state index contributed by atoms with van der Waals surface area (Å²) in [4.78, 5) is 0. The van der Waals surface area contributed by atoms with Gasteiger partial charge in [0.2, 0.25) is 0 Å². The third kappa shape index (κ3) is 3.63. The van der Waals surface area contributed by atoms with E-state index in [-0.39, 0.29) is 0 Å². The Hall–Kier alpha value is -1.49. The number of rotatable bonds is 2. The fourth-order valence-corrected chi connectivity index (χ4v) is 1.40. The smallest absolute Gasteiger partial charge is 0.101 e. The molecule has 0 aromatic heterocycles. The second kappa shape index (κ2) is 6.89. The van der Waals surface area contributed by atoms with Crippen LogP contribution in [0.4, 0.5) is 5.69 Å². The number of nitrogens with zero attached hydrogens (tertiary/aromatic N) is 1. The molecule has 0 aliphatic carbocycles. The van der Waals surface area contributed by atoms with Crippen LogP contribution in [-0.2, 0) is 6.42 Å². The van der Waals surface area contributed by atoms with E-state index in [2.05, 4.69) is 19.1 Å². The summed E-state index contributed by atoms with van der Waals surface area (Å²) < 4.78 is 0. The number of aryl methyl sites for hydroxylation is 2. The van der Waals surface area contributed by atoms with E-state index in [1.165, 1.54) is 5.56 Å². The summed E-state index contributed by atoms with van der Waals surface area (Å²) in [5.41, 5.74) is 9.15. The maximum absolute atomic E-state index is 8.81. The summed E-state index contributed by atoms with van der Waals surface area (Å²) in [5.74, 6) is 0. The Bertz CT molecular complexity index is 348. The summed E-state index contributed by atoms with van der Waals surface area (Å²) in [5, 5.41) is 8.81. The van der Waals surface area contributed by atoms with Crippen molar-refractivity contribution in [1.82, 2.24) is 0 Å². The molecule has 1 aromatic carbocycles. The van der Waals surface area contributed by atoms with Crippen LogP contribution in [0.5, 0.6) is 0 Å². The normalized spacial score (nSPS) is 8.73. The van der Waals surface area contributed by atoms with Crippen molar-refractivity contribution in [3.05, 3.63) is 28.8 Å². The van der Waals surface area contributed by atoms with Crippen LogP contribution in [0.25, 0.3) is 0 Å². The van der Waals surface area contributed by atoms with Gasteiger partial charge in [0.05, 0.1) is 11.3 Å². The Morgan fingerprint density at radius 2 is 1.93 bits per heavy atom. The van der Waals surface area contributed by atoms with Crippen LogP contribution < -0.4 is 5.73 Å². The Morgan fingerprint density at radius 3 is 2.40 bits per heavy atom. The lowest BCUT2D eigenvalue weighted by molar-refractivity contribution is 0.920. The maximum Gasteiger partial charge on any atom is 0.101 e. The zero-order valence-electron chi connectivity index (χ0n) is 10.1. The Labute approximate surface area is 92.7 Å². The van der Waals surface area contributed by atoms with E-state index in [0.717, 1.165) is 18.4 Å². The minimum absolute atomic E-state index is 0.600. The molecule has 0 radical (unpaired) electrons. The van der Waals surface area contributed by atoms with Crippen molar-refractivity contribution in [1.29, 1.82) is 5.26 Å². The first kappa shape index (κ1) is 13.5. The number of hydrogen-bond acceptors (Lipinski definition) is 2. The molecule has 2 N–H and O–H groups in total. The van der Waals surface area contributed by atoms with Crippen LogP contribution in [0.2, 0.25) is 0 Å². The minimum Gasteiger partial charge on any atom is -0.397 e. The third-order valence-electron chi connectivity index (χ3n) is 2.11. The zero-order chi connectivity index (χ0) is 11.8. The van der Waals surface area contributed by atoms with Crippen molar-refractivity contribution in [2.24, 2.45) is 0 Å². The van der Waals surface area contributed by atoms with Crippen molar-refractivity contribution >= 4 is 5.69 Å². The number of nitrogen functional groups attached to an aromatic ring is 1. The first-order chi connectivity index (χ1) is 7.19. The zero-order valence-corrected chi connectivity index (χ0v) is 10.1. The average molecular weight is 204 g/mol. The second-order valence-electron chi connectivity index (χ2n) is 3.24. The van der Waals surface area contributed by atoms with Gasteiger partial charge in [0.1, 0.15) is 6.07 Å². The molecule has 15 heavy (non-hydrogen) atoms. The fraction of sp³-hybridized carbons (Fsp3) is 0.462. The molecule has 0 spiro atoms. The maximum atomic E-state index is 8.81. The van der Waals surface area contributed by atoms with Crippen molar-refractivity contribution in [3.63, 3.8) is 0 Å². The molecule has 0 saturated heterocycles. The number of nitriles is 1. The van der Waals surface area contributed by atoms with E-state index in [1.54, 1.807) is 0 Å². The van der Waals surface area contributed by atoms with Crippen LogP contribution in [0.3, 0.4) is 0 Å². The average Bonchev–Trinajstić information content (AvgIpc) is 2.26. The summed E-state index contributed by atoms with van der Waals surface area (Å²) >= 11 is 0. The van der Waals surface area contributed by atoms with Crippen molar-refractivity contribution in [2.75, 3.05) is 5.73 Å². The van der Waals surface area contributed by atoms with Gasteiger partial charge in [-0.1, -0.05) is 33.3 Å². The molecule has 0 heterocycles. The Kier molecular flexibility index (Phi) is 6.21. The molecule has 1 rings (SSSR count). The molecule has 0 unspecified atom stereocenters. The number of hydrogen-bond donors (Lipinski definition) is 1. The molecule has 0 aliphatic rings. The van der Waals surface area contributed by atoms with Crippen LogP contribution in [0, 0.1) is 18.3 Å². The quantitative estimate of drug-likeness (QED) is 0.750. The largest absolute Gasteiger partial charge is 0.397 e. The van der Waals surface area contributed by atoms with E-state index in [1.807, 2.05) is 26.8 Å². The van der Waals surface area contributed by atoms with Crippen molar-refractivity contribution in [3.8, 4) is 6.07 Å². The van der Waals surface area contributed by atoms with Gasteiger partial charge in [-0.15, -0.1) is 0 Å². The SMILES string of the molecule is CC.CCCc1cc(C)c(N)c(C#N)c1. The molecule has 0 atom stereocenters. The third-order valence-corrected chi connectivity index (χ3v) is 2.11. The lowest BCUT2D eigenvalue weighted by Gasteiger charge is -2.05. The second-order valence-corrected chi connectivity index (χ2v) is 3.24. The summed E-state index contributed by atoms with van der Waals surface area (Å²) in [6.07, 6.45) is 2.10. The molecule has 0 aliphatic heterocycles. The van der Waals surface area contributed by atoms with Gasteiger partial charge >= 0.3 is 0 Å². The molecule has 0 amide bonds. The first-order valence-corrected chi connectivity index (χ1v) is 5.48. The van der Waals surface area contributed by atoms with Gasteiger partial charge in [-0.05, 0) is 30.5 Å². The molecule has 0 bridgehead atoms. The predicted octanol–water partition coefficient (Wildman–Crippen LogP) is 3.43. The van der Waals surface area contributed by atoms with Gasteiger partial charge in [-0.2, -0.15) is 5.26 Å². The molecular weight excluding hydrogens is 184 g/mol. The van der Waals surface area contributed by atoms with E-state index in [9.17, 15) is 0 Å². The Morgan fingerprint density at radius 1 is 1.33 bits per heavy atom. The highest BCUT2D eigenvalue weighted by Gasteiger charge is 2.03. The van der Waals surface area contributed by atoms with Gasteiger partial charge in [0.25, 0.3) is 0 Å². The highest BCUT2D eigenvalue weighted by atomic mass is 14.6. The highest BCUT2D eigenvalue weighted by Crippen LogP contribution is 2.19. The lowest BCUT2D eigenvalue weighted by atomic mass is 10.0. The summed E-state index contributed by atoms with van der Waals surface area (Å²) in [6, 6.07) is 6.05.